The molecule has 6 fully saturated rings. The van der Waals surface area contributed by atoms with Gasteiger partial charge in [-0.05, 0) is 140 Å². The van der Waals surface area contributed by atoms with E-state index in [-0.39, 0.29) is 87.8 Å². The Labute approximate surface area is 413 Å². The van der Waals surface area contributed by atoms with E-state index in [1.807, 2.05) is 30.4 Å². The number of Topliss-reactive ketones (excluding diaryl/α,β-unsaturated/α-hetero) is 1. The van der Waals surface area contributed by atoms with Gasteiger partial charge in [-0.3, -0.25) is 4.79 Å². The van der Waals surface area contributed by atoms with Crippen molar-refractivity contribution in [3.8, 4) is 0 Å². The predicted molar refractivity (Wildman–Crippen MR) is 260 cm³/mol. The maximum Gasteiger partial charge on any atom is 0.182 e. The summed E-state index contributed by atoms with van der Waals surface area (Å²) in [5.41, 5.74) is -5.48. The van der Waals surface area contributed by atoms with Crippen LogP contribution in [0.1, 0.15) is 136 Å². The number of aliphatic hydroxyl groups is 10. The molecule has 2 bridgehead atoms. The highest BCUT2D eigenvalue weighted by molar-refractivity contribution is 6.01. The van der Waals surface area contributed by atoms with Crippen molar-refractivity contribution in [1.82, 2.24) is 10.6 Å². The normalized spacial score (nSPS) is 49.4. The molecule has 70 heavy (non-hydrogen) atoms. The minimum atomic E-state index is -2.06. The first-order valence-corrected chi connectivity index (χ1v) is 27.1. The van der Waals surface area contributed by atoms with Gasteiger partial charge in [0.25, 0.3) is 0 Å². The van der Waals surface area contributed by atoms with Gasteiger partial charge in [-0.1, -0.05) is 56.6 Å². The number of aliphatic hydroxyl groups excluding tert-OH is 6. The summed E-state index contributed by atoms with van der Waals surface area (Å²) in [5, 5.41) is 131. The molecule has 2 aliphatic heterocycles. The highest BCUT2D eigenvalue weighted by atomic mass is 16.5. The van der Waals surface area contributed by atoms with Crippen LogP contribution in [0.5, 0.6) is 0 Å². The number of nitrogens with two attached hydrogens (primary N) is 1. The minimum Gasteiger partial charge on any atom is -0.396 e. The molecule has 14 N–H and O–H groups in total. The third kappa shape index (κ3) is 6.91. The molecule has 0 aromatic rings. The Morgan fingerprint density at radius 1 is 0.957 bits per heavy atom. The number of carbonyl (C=O) groups excluding carboxylic acids is 1. The molecule has 1 unspecified atom stereocenters. The van der Waals surface area contributed by atoms with E-state index in [1.165, 1.54) is 0 Å². The average molecular weight is 978 g/mol. The number of allylic oxidation sites excluding steroid dienone is 6. The number of hydrogen-bond acceptors (Lipinski definition) is 15. The number of carbonyl (C=O) groups is 1. The van der Waals surface area contributed by atoms with E-state index < -0.39 is 111 Å². The fraction of sp³-hybridized carbons (Fsp3) is 0.800. The van der Waals surface area contributed by atoms with Crippen molar-refractivity contribution >= 4 is 5.78 Å². The molecule has 15 nitrogen and oxygen atoms in total. The molecule has 0 aromatic heterocycles. The van der Waals surface area contributed by atoms with Crippen LogP contribution in [0.15, 0.2) is 59.0 Å². The van der Waals surface area contributed by atoms with E-state index in [0.29, 0.717) is 31.6 Å². The molecule has 0 aromatic carbocycles. The van der Waals surface area contributed by atoms with Crippen LogP contribution in [0.4, 0.5) is 0 Å². The molecular weight excluding hydrogens is 895 g/mol. The van der Waals surface area contributed by atoms with Gasteiger partial charge in [-0.15, -0.1) is 0 Å². The number of rotatable bonds is 13. The zero-order valence-electron chi connectivity index (χ0n) is 41.6. The lowest BCUT2D eigenvalue weighted by Crippen LogP contribution is -2.77. The van der Waals surface area contributed by atoms with Crippen LogP contribution in [0, 0.1) is 51.2 Å². The van der Waals surface area contributed by atoms with Gasteiger partial charge in [0.15, 0.2) is 5.78 Å². The Morgan fingerprint density at radius 2 is 1.71 bits per heavy atom. The molecule has 2 heterocycles. The van der Waals surface area contributed by atoms with Crippen LogP contribution >= 0.6 is 0 Å². The first kappa shape index (κ1) is 51.0. The monoisotopic (exact) mass is 978 g/mol. The van der Waals surface area contributed by atoms with Crippen LogP contribution in [0.25, 0.3) is 0 Å². The van der Waals surface area contributed by atoms with Crippen molar-refractivity contribution < 1.29 is 60.6 Å². The predicted octanol–water partition coefficient (Wildman–Crippen LogP) is 2.55. The number of nitrogens with one attached hydrogen (secondary N) is 2. The highest BCUT2D eigenvalue weighted by Crippen LogP contribution is 2.82. The number of fused-ring (bicyclic) bond motifs is 5. The van der Waals surface area contributed by atoms with Gasteiger partial charge < -0.3 is 72.2 Å². The second-order valence-electron chi connectivity index (χ2n) is 24.4. The Morgan fingerprint density at radius 3 is 2.44 bits per heavy atom. The Hall–Kier alpha value is -2.51. The molecule has 15 heteroatoms. The quantitative estimate of drug-likeness (QED) is 0.118. The Kier molecular flexibility index (Phi) is 13.0. The lowest BCUT2D eigenvalue weighted by atomic mass is 9.31. The zero-order valence-corrected chi connectivity index (χ0v) is 41.6. The van der Waals surface area contributed by atoms with Gasteiger partial charge in [0, 0.05) is 59.1 Å². The standard InChI is InChI=1S/C55H83N3O12/c1-4-7-32-10-12-33-40(14-11-32)70-47-43(33)37(62)9-5-17-55(47,69)48(3,66)41-16-18-54(68)46-44(57-28-31(2)61)45(65)35-26-38(63)39(64)27-51(35)29-49(34-13-15-42(56)58-36(34)8-6-24-59)19-21-52(67,53(46,51)22-20-49)30-50(41,54)23-25-60/h13,15,19-22,31-33,35,37-43,47,57-64,66-69H,4-12,14,16-18,23-30,56H2,1-3H3/t31-,32-,33+,35-,37+,38+,39-,40+,41+,42?,43+,47+,48+,49+,50+,51+,52-,53-,54+,55+/m0/s1. The van der Waals surface area contributed by atoms with Crippen molar-refractivity contribution in [1.29, 1.82) is 0 Å². The van der Waals surface area contributed by atoms with Crippen molar-refractivity contribution in [2.75, 3.05) is 19.8 Å². The van der Waals surface area contributed by atoms with Gasteiger partial charge in [0.2, 0.25) is 0 Å². The number of dihydropyridines is 1. The second-order valence-corrected chi connectivity index (χ2v) is 24.4. The smallest absolute Gasteiger partial charge is 0.182 e. The van der Waals surface area contributed by atoms with Gasteiger partial charge >= 0.3 is 0 Å². The van der Waals surface area contributed by atoms with E-state index >= 15 is 4.79 Å². The lowest BCUT2D eigenvalue weighted by molar-refractivity contribution is -0.275. The molecule has 2 spiro atoms. The van der Waals surface area contributed by atoms with Crippen molar-refractivity contribution in [2.24, 2.45) is 57.0 Å². The average Bonchev–Trinajstić information content (AvgIpc) is 3.61. The summed E-state index contributed by atoms with van der Waals surface area (Å²) in [6, 6.07) is 0. The lowest BCUT2D eigenvalue weighted by Gasteiger charge is -2.73. The summed E-state index contributed by atoms with van der Waals surface area (Å²) >= 11 is 0. The van der Waals surface area contributed by atoms with Gasteiger partial charge in [0.1, 0.15) is 5.60 Å². The number of ketones is 1. The van der Waals surface area contributed by atoms with E-state index in [2.05, 4.69) is 17.6 Å². The third-order valence-electron chi connectivity index (χ3n) is 21.0. The van der Waals surface area contributed by atoms with E-state index in [1.54, 1.807) is 19.9 Å². The van der Waals surface area contributed by atoms with E-state index in [0.717, 1.165) is 49.8 Å². The summed E-state index contributed by atoms with van der Waals surface area (Å²) in [6.07, 6.45) is 12.8. The fourth-order valence-electron chi connectivity index (χ4n) is 18.2. The van der Waals surface area contributed by atoms with Crippen LogP contribution in [-0.2, 0) is 9.53 Å². The summed E-state index contributed by atoms with van der Waals surface area (Å²) in [5.74, 6) is -2.34. The number of ether oxygens (including phenoxy) is 1. The first-order valence-electron chi connectivity index (χ1n) is 27.1. The molecular formula is C55H83N3O12. The largest absolute Gasteiger partial charge is 0.396 e. The molecule has 11 aliphatic rings. The van der Waals surface area contributed by atoms with E-state index in [9.17, 15) is 51.1 Å². The molecule has 0 radical (unpaired) electrons. The van der Waals surface area contributed by atoms with Crippen molar-refractivity contribution in [3.63, 3.8) is 0 Å². The summed E-state index contributed by atoms with van der Waals surface area (Å²) < 4.78 is 7.02. The van der Waals surface area contributed by atoms with Gasteiger partial charge in [-0.2, -0.15) is 0 Å². The summed E-state index contributed by atoms with van der Waals surface area (Å²) in [6.45, 7) is 4.75. The van der Waals surface area contributed by atoms with Crippen LogP contribution in [0.2, 0.25) is 0 Å². The van der Waals surface area contributed by atoms with Gasteiger partial charge in [-0.25, -0.2) is 0 Å². The summed E-state index contributed by atoms with van der Waals surface area (Å²) in [4.78, 5) is 15.9. The molecule has 1 saturated heterocycles. The van der Waals surface area contributed by atoms with Crippen molar-refractivity contribution in [2.45, 2.75) is 202 Å². The third-order valence-corrected chi connectivity index (χ3v) is 21.0. The maximum atomic E-state index is 15.9. The molecule has 9 aliphatic carbocycles. The molecule has 390 valence electrons. The Bertz CT molecular complexity index is 2210. The molecule has 5 saturated carbocycles. The van der Waals surface area contributed by atoms with Crippen molar-refractivity contribution in [3.05, 3.63) is 59.0 Å². The topological polar surface area (TPSA) is 279 Å². The van der Waals surface area contributed by atoms with E-state index in [4.69, 9.17) is 10.5 Å². The van der Waals surface area contributed by atoms with Gasteiger partial charge in [0.05, 0.1) is 70.7 Å². The highest BCUT2D eigenvalue weighted by Gasteiger charge is 2.84. The van der Waals surface area contributed by atoms with Crippen LogP contribution in [-0.4, -0.2) is 142 Å². The van der Waals surface area contributed by atoms with Crippen LogP contribution < -0.4 is 16.4 Å². The molecule has 20 atom stereocenters. The zero-order chi connectivity index (χ0) is 50.0. The summed E-state index contributed by atoms with van der Waals surface area (Å²) in [7, 11) is 0. The molecule has 11 rings (SSSR count). The fourth-order valence-corrected chi connectivity index (χ4v) is 18.2. The SMILES string of the molecule is CCC[C@H]1CC[C@H]2[C@@H]3[C@H](O)CCC[C@](O)([C@](C)(O)[C@H]4CC[C@@]5(O)C6=C(NC[C@H](C)O)C(=O)[C@@H]7C[C@@H](O)[C@@H](O)C[C@@]78C[C@]7(C9=C(CCCO)NC(N)C=C9)C=C[C@]68[C@](O)(C=C7)C[C@]45CCO)[C@@H]3O[C@@H]2CC1. The van der Waals surface area contributed by atoms with Crippen LogP contribution in [0.3, 0.4) is 0 Å². The minimum absolute atomic E-state index is 0.00542. The maximum absolute atomic E-state index is 15.9. The second kappa shape index (κ2) is 17.8. The Balaban J connectivity index is 1.18. The molecule has 0 amide bonds. The first-order chi connectivity index (χ1) is 33.2. The number of hydrogen-bond donors (Lipinski definition) is 13.